The first-order chi connectivity index (χ1) is 14.0. The minimum Gasteiger partial charge on any atom is -0.440 e. The highest BCUT2D eigenvalue weighted by Crippen LogP contribution is 2.17. The number of hydrogen-bond acceptors (Lipinski definition) is 5. The lowest BCUT2D eigenvalue weighted by Crippen LogP contribution is -2.45. The van der Waals surface area contributed by atoms with Gasteiger partial charge in [-0.05, 0) is 37.1 Å². The molecule has 12 heteroatoms. The number of aliphatic imine (C=N–C) groups is 1. The van der Waals surface area contributed by atoms with E-state index in [1.54, 1.807) is 0 Å². The van der Waals surface area contributed by atoms with Gasteiger partial charge in [0.15, 0.2) is 6.61 Å². The van der Waals surface area contributed by atoms with Crippen LogP contribution < -0.4 is 16.8 Å². The number of amides is 2. The Morgan fingerprint density at radius 1 is 1.20 bits per heavy atom. The highest BCUT2D eigenvalue weighted by molar-refractivity contribution is 6.20. The van der Waals surface area contributed by atoms with Crippen LogP contribution in [0.2, 0.25) is 0 Å². The van der Waals surface area contributed by atoms with Crippen LogP contribution in [0.5, 0.6) is 0 Å². The van der Waals surface area contributed by atoms with E-state index in [9.17, 15) is 27.2 Å². The molecule has 1 aromatic rings. The molecule has 30 heavy (non-hydrogen) atoms. The first kappa shape index (κ1) is 23.0. The third-order valence-corrected chi connectivity index (χ3v) is 4.19. The molecule has 164 valence electrons. The molecule has 0 aromatic heterocycles. The average Bonchev–Trinajstić information content (AvgIpc) is 2.67. The van der Waals surface area contributed by atoms with E-state index in [1.807, 2.05) is 0 Å². The van der Waals surface area contributed by atoms with Crippen molar-refractivity contribution in [1.29, 1.82) is 0 Å². The fourth-order valence-electron chi connectivity index (χ4n) is 2.65. The van der Waals surface area contributed by atoms with E-state index in [-0.39, 0.29) is 30.5 Å². The topological polar surface area (TPSA) is 123 Å². The summed E-state index contributed by atoms with van der Waals surface area (Å²) < 4.78 is 53.5. The van der Waals surface area contributed by atoms with Crippen LogP contribution in [0.1, 0.15) is 12.8 Å². The molecule has 5 N–H and O–H groups in total. The Balaban J connectivity index is 1.92. The lowest BCUT2D eigenvalue weighted by atomic mass is 10.1. The second-order valence-corrected chi connectivity index (χ2v) is 6.49. The summed E-state index contributed by atoms with van der Waals surface area (Å²) in [6, 6.07) is 4.95. The number of hydrogen-bond donors (Lipinski definition) is 3. The predicted octanol–water partition coefficient (Wildman–Crippen LogP) is 1.94. The van der Waals surface area contributed by atoms with E-state index >= 15 is 0 Å². The summed E-state index contributed by atoms with van der Waals surface area (Å²) in [7, 11) is 0. The normalized spacial score (nSPS) is 16.3. The summed E-state index contributed by atoms with van der Waals surface area (Å²) in [6.45, 7) is -1.29. The zero-order chi connectivity index (χ0) is 22.3. The molecule has 0 spiro atoms. The molecule has 0 radical (unpaired) electrons. The van der Waals surface area contributed by atoms with Gasteiger partial charge in [0.2, 0.25) is 0 Å². The summed E-state index contributed by atoms with van der Waals surface area (Å²) in [5.41, 5.74) is 11.4. The Kier molecular flexibility index (Phi) is 7.61. The Bertz CT molecular complexity index is 816. The molecule has 1 heterocycles. The number of amidine groups is 1. The number of nitrogens with two attached hydrogens (primary N) is 2. The minimum absolute atomic E-state index is 0.0914. The Hall–Kier alpha value is -3.31. The van der Waals surface area contributed by atoms with Crippen LogP contribution >= 0.6 is 0 Å². The van der Waals surface area contributed by atoms with Crippen molar-refractivity contribution in [3.05, 3.63) is 41.9 Å². The minimum atomic E-state index is -4.58. The van der Waals surface area contributed by atoms with Crippen molar-refractivity contribution < 1.29 is 31.9 Å². The van der Waals surface area contributed by atoms with Crippen molar-refractivity contribution in [3.8, 4) is 0 Å². The first-order valence-corrected chi connectivity index (χ1v) is 8.90. The van der Waals surface area contributed by atoms with Gasteiger partial charge in [-0.3, -0.25) is 4.79 Å². The van der Waals surface area contributed by atoms with Gasteiger partial charge in [-0.25, -0.2) is 14.2 Å². The molecule has 8 nitrogen and oxygen atoms in total. The van der Waals surface area contributed by atoms with E-state index in [1.165, 1.54) is 35.4 Å². The van der Waals surface area contributed by atoms with E-state index in [0.717, 1.165) is 0 Å². The van der Waals surface area contributed by atoms with Crippen molar-refractivity contribution in [2.75, 3.05) is 19.7 Å². The van der Waals surface area contributed by atoms with E-state index in [4.69, 9.17) is 11.5 Å². The SMILES string of the molecule is NC(=O)/C(=C/NC1CCN(C(=O)OCC(F)(F)F)CC1)C(N)=Nc1ccc(F)cc1. The number of alkyl halides is 3. The largest absolute Gasteiger partial charge is 0.440 e. The van der Waals surface area contributed by atoms with Crippen LogP contribution in [-0.4, -0.2) is 54.7 Å². The van der Waals surface area contributed by atoms with Crippen molar-refractivity contribution in [2.45, 2.75) is 25.1 Å². The fraction of sp³-hybridized carbons (Fsp3) is 0.389. The zero-order valence-electron chi connectivity index (χ0n) is 15.8. The zero-order valence-corrected chi connectivity index (χ0v) is 15.8. The fourth-order valence-corrected chi connectivity index (χ4v) is 2.65. The second-order valence-electron chi connectivity index (χ2n) is 6.49. The Labute approximate surface area is 169 Å². The summed E-state index contributed by atoms with van der Waals surface area (Å²) in [4.78, 5) is 28.5. The number of carbonyl (C=O) groups is 2. The maximum Gasteiger partial charge on any atom is 0.422 e. The molecule has 1 aromatic carbocycles. The number of nitrogens with zero attached hydrogens (tertiary/aromatic N) is 2. The van der Waals surface area contributed by atoms with Gasteiger partial charge in [0.05, 0.1) is 11.3 Å². The van der Waals surface area contributed by atoms with Crippen molar-refractivity contribution in [2.24, 2.45) is 16.5 Å². The van der Waals surface area contributed by atoms with Crippen LogP contribution in [0, 0.1) is 5.82 Å². The van der Waals surface area contributed by atoms with Crippen LogP contribution in [0.3, 0.4) is 0 Å². The number of primary amides is 1. The molecule has 1 saturated heterocycles. The molecular weight excluding hydrogens is 410 g/mol. The number of piperidine rings is 1. The molecule has 0 bridgehead atoms. The van der Waals surface area contributed by atoms with E-state index < -0.39 is 30.6 Å². The molecule has 2 rings (SSSR count). The molecule has 1 aliphatic rings. The van der Waals surface area contributed by atoms with Crippen LogP contribution in [0.15, 0.2) is 41.0 Å². The van der Waals surface area contributed by atoms with Gasteiger partial charge < -0.3 is 26.4 Å². The van der Waals surface area contributed by atoms with Gasteiger partial charge in [-0.2, -0.15) is 13.2 Å². The molecular formula is C18H21F4N5O3. The second kappa shape index (κ2) is 9.94. The number of rotatable bonds is 6. The average molecular weight is 431 g/mol. The molecule has 2 amide bonds. The Morgan fingerprint density at radius 2 is 1.80 bits per heavy atom. The number of carbonyl (C=O) groups excluding carboxylic acids is 2. The third kappa shape index (κ3) is 7.26. The molecule has 1 fully saturated rings. The number of nitrogens with one attached hydrogen (secondary N) is 1. The van der Waals surface area contributed by atoms with Gasteiger partial charge >= 0.3 is 12.3 Å². The van der Waals surface area contributed by atoms with Crippen molar-refractivity contribution >= 4 is 23.5 Å². The highest BCUT2D eigenvalue weighted by atomic mass is 19.4. The van der Waals surface area contributed by atoms with Gasteiger partial charge in [-0.15, -0.1) is 0 Å². The highest BCUT2D eigenvalue weighted by Gasteiger charge is 2.31. The standard InChI is InChI=1S/C18H21F4N5O3/c19-11-1-3-13(4-2-11)26-15(23)14(16(24)28)9-25-12-5-7-27(8-6-12)17(29)30-10-18(20,21)22/h1-4,9,12,25H,5-8,10H2,(H2,23,26)(H2,24,28)/b14-9+. The van der Waals surface area contributed by atoms with Crippen LogP contribution in [0.4, 0.5) is 28.0 Å². The van der Waals surface area contributed by atoms with E-state index in [2.05, 4.69) is 15.0 Å². The molecule has 0 aliphatic carbocycles. The maximum absolute atomic E-state index is 13.0. The predicted molar refractivity (Wildman–Crippen MR) is 100 cm³/mol. The first-order valence-electron chi connectivity index (χ1n) is 8.90. The number of halogens is 4. The van der Waals surface area contributed by atoms with Crippen LogP contribution in [0.25, 0.3) is 0 Å². The monoisotopic (exact) mass is 431 g/mol. The molecule has 0 atom stereocenters. The van der Waals surface area contributed by atoms with Gasteiger partial charge in [-0.1, -0.05) is 0 Å². The van der Waals surface area contributed by atoms with Gasteiger partial charge in [0.1, 0.15) is 11.7 Å². The number of ether oxygens (including phenoxy) is 1. The smallest absolute Gasteiger partial charge is 0.422 e. The van der Waals surface area contributed by atoms with Crippen molar-refractivity contribution in [1.82, 2.24) is 10.2 Å². The lowest BCUT2D eigenvalue weighted by molar-refractivity contribution is -0.162. The van der Waals surface area contributed by atoms with Gasteiger partial charge in [0, 0.05) is 25.3 Å². The quantitative estimate of drug-likeness (QED) is 0.275. The lowest BCUT2D eigenvalue weighted by Gasteiger charge is -2.31. The molecule has 1 aliphatic heterocycles. The molecule has 0 unspecified atom stereocenters. The summed E-state index contributed by atoms with van der Waals surface area (Å²) in [6.07, 6.45) is -3.51. The summed E-state index contributed by atoms with van der Waals surface area (Å²) in [5, 5.41) is 2.95. The van der Waals surface area contributed by atoms with E-state index in [0.29, 0.717) is 18.5 Å². The third-order valence-electron chi connectivity index (χ3n) is 4.19. The summed E-state index contributed by atoms with van der Waals surface area (Å²) >= 11 is 0. The molecule has 0 saturated carbocycles. The van der Waals surface area contributed by atoms with Gasteiger partial charge in [0.25, 0.3) is 5.91 Å². The van der Waals surface area contributed by atoms with Crippen molar-refractivity contribution in [3.63, 3.8) is 0 Å². The van der Waals surface area contributed by atoms with Crippen LogP contribution in [-0.2, 0) is 9.53 Å². The number of benzene rings is 1. The number of likely N-dealkylation sites (tertiary alicyclic amines) is 1. The summed E-state index contributed by atoms with van der Waals surface area (Å²) in [5.74, 6) is -1.46. The Morgan fingerprint density at radius 3 is 2.33 bits per heavy atom. The maximum atomic E-state index is 13.0.